The predicted octanol–water partition coefficient (Wildman–Crippen LogP) is 4.60. The second-order valence-electron chi connectivity index (χ2n) is 6.41. The van der Waals surface area contributed by atoms with Crippen LogP contribution in [-0.2, 0) is 11.3 Å². The van der Waals surface area contributed by atoms with Crippen molar-refractivity contribution in [3.63, 3.8) is 0 Å². The first-order valence-corrected chi connectivity index (χ1v) is 10.2. The Bertz CT molecular complexity index is 1000. The van der Waals surface area contributed by atoms with Crippen LogP contribution in [0.3, 0.4) is 0 Å². The first-order chi connectivity index (χ1) is 13.5. The van der Waals surface area contributed by atoms with Crippen LogP contribution in [0.2, 0.25) is 5.02 Å². The molecular weight excluding hydrogens is 392 g/mol. The highest BCUT2D eigenvalue weighted by atomic mass is 35.5. The Hall–Kier alpha value is -2.50. The molecule has 0 aromatic heterocycles. The highest BCUT2D eigenvalue weighted by molar-refractivity contribution is 8.00. The monoisotopic (exact) mass is 412 g/mol. The molecule has 1 N–H and O–H groups in total. The fraction of sp³-hybridized carbons (Fsp3) is 0.182. The molecule has 0 atom stereocenters. The molecule has 0 aliphatic heterocycles. The minimum atomic E-state index is -0.124. The number of hydrogen-bond donors (Lipinski definition) is 1. The summed E-state index contributed by atoms with van der Waals surface area (Å²) in [5.41, 5.74) is 1.57. The summed E-state index contributed by atoms with van der Waals surface area (Å²) in [4.78, 5) is 26.9. The zero-order chi connectivity index (χ0) is 20.1. The number of carbonyl (C=O) groups is 2. The largest absolute Gasteiger partial charge is 0.355 e. The van der Waals surface area contributed by atoms with Crippen LogP contribution in [0.15, 0.2) is 65.6 Å². The lowest BCUT2D eigenvalue weighted by Gasteiger charge is -2.17. The van der Waals surface area contributed by atoms with E-state index in [1.165, 1.54) is 11.8 Å². The summed E-state index contributed by atoms with van der Waals surface area (Å²) in [6.07, 6.45) is 0. The zero-order valence-electron chi connectivity index (χ0n) is 15.7. The Labute approximate surface area is 173 Å². The van der Waals surface area contributed by atoms with E-state index in [-0.39, 0.29) is 11.8 Å². The quantitative estimate of drug-likeness (QED) is 0.602. The number of amides is 2. The molecule has 0 aliphatic carbocycles. The van der Waals surface area contributed by atoms with Gasteiger partial charge >= 0.3 is 0 Å². The average molecular weight is 413 g/mol. The van der Waals surface area contributed by atoms with Gasteiger partial charge in [-0.3, -0.25) is 9.59 Å². The van der Waals surface area contributed by atoms with Crippen LogP contribution in [0.25, 0.3) is 10.8 Å². The zero-order valence-corrected chi connectivity index (χ0v) is 17.3. The second-order valence-corrected chi connectivity index (χ2v) is 7.83. The molecule has 2 amide bonds. The topological polar surface area (TPSA) is 49.4 Å². The van der Waals surface area contributed by atoms with Crippen LogP contribution in [0.1, 0.15) is 15.9 Å². The van der Waals surface area contributed by atoms with E-state index in [1.54, 1.807) is 31.1 Å². The Morgan fingerprint density at radius 2 is 1.71 bits per heavy atom. The van der Waals surface area contributed by atoms with E-state index in [4.69, 9.17) is 11.6 Å². The molecule has 0 radical (unpaired) electrons. The summed E-state index contributed by atoms with van der Waals surface area (Å²) in [6.45, 7) is 0.490. The molecule has 3 rings (SSSR count). The molecule has 0 heterocycles. The van der Waals surface area contributed by atoms with Gasteiger partial charge in [-0.2, -0.15) is 0 Å². The van der Waals surface area contributed by atoms with Gasteiger partial charge in [-0.05, 0) is 35.2 Å². The molecule has 0 spiro atoms. The van der Waals surface area contributed by atoms with Crippen molar-refractivity contribution < 1.29 is 9.59 Å². The Kier molecular flexibility index (Phi) is 6.60. The van der Waals surface area contributed by atoms with Crippen molar-refractivity contribution in [3.8, 4) is 0 Å². The van der Waals surface area contributed by atoms with Crippen molar-refractivity contribution in [3.05, 3.63) is 76.8 Å². The number of fused-ring (bicyclic) bond motifs is 1. The van der Waals surface area contributed by atoms with Gasteiger partial charge in [0.15, 0.2) is 0 Å². The minimum absolute atomic E-state index is 0.0319. The van der Waals surface area contributed by atoms with Crippen LogP contribution in [-0.4, -0.2) is 36.6 Å². The van der Waals surface area contributed by atoms with Gasteiger partial charge in [-0.15, -0.1) is 11.8 Å². The number of nitrogens with zero attached hydrogens (tertiary/aromatic N) is 1. The lowest BCUT2D eigenvalue weighted by atomic mass is 10.1. The van der Waals surface area contributed by atoms with E-state index in [0.717, 1.165) is 21.2 Å². The summed E-state index contributed by atoms with van der Waals surface area (Å²) in [5.74, 6) is 0.238. The molecule has 0 saturated heterocycles. The van der Waals surface area contributed by atoms with Gasteiger partial charge in [0.25, 0.3) is 5.91 Å². The molecule has 0 saturated carbocycles. The number of thioether (sulfide) groups is 1. The molecule has 28 heavy (non-hydrogen) atoms. The maximum absolute atomic E-state index is 12.6. The predicted molar refractivity (Wildman–Crippen MR) is 116 cm³/mol. The van der Waals surface area contributed by atoms with Crippen molar-refractivity contribution >= 4 is 45.9 Å². The lowest BCUT2D eigenvalue weighted by molar-refractivity contribution is -0.127. The standard InChI is InChI=1S/C22H21ClN2O2S/c1-24-22(27)17-11-9-15(10-12-17)13-25(2)20(26)14-28-19-8-4-6-16-5-3-7-18(23)21(16)19/h3-12H,13-14H2,1-2H3,(H,24,27). The van der Waals surface area contributed by atoms with E-state index >= 15 is 0 Å². The molecule has 6 heteroatoms. The summed E-state index contributed by atoms with van der Waals surface area (Å²) in [5, 5.41) is 5.33. The molecule has 144 valence electrons. The SMILES string of the molecule is CNC(=O)c1ccc(CN(C)C(=O)CSc2cccc3cccc(Cl)c23)cc1. The van der Waals surface area contributed by atoms with Crippen molar-refractivity contribution in [2.24, 2.45) is 0 Å². The van der Waals surface area contributed by atoms with Gasteiger partial charge in [-0.1, -0.05) is 48.0 Å². The fourth-order valence-corrected chi connectivity index (χ4v) is 4.29. The van der Waals surface area contributed by atoms with Crippen LogP contribution in [0.4, 0.5) is 0 Å². The minimum Gasteiger partial charge on any atom is -0.355 e. The molecule has 0 bridgehead atoms. The number of rotatable bonds is 6. The van der Waals surface area contributed by atoms with Crippen LogP contribution in [0.5, 0.6) is 0 Å². The van der Waals surface area contributed by atoms with E-state index in [0.29, 0.717) is 22.9 Å². The van der Waals surface area contributed by atoms with E-state index < -0.39 is 0 Å². The normalized spacial score (nSPS) is 10.7. The maximum Gasteiger partial charge on any atom is 0.251 e. The lowest BCUT2D eigenvalue weighted by Crippen LogP contribution is -2.27. The number of halogens is 1. The van der Waals surface area contributed by atoms with Crippen molar-refractivity contribution in [1.82, 2.24) is 10.2 Å². The Balaban J connectivity index is 1.63. The van der Waals surface area contributed by atoms with Gasteiger partial charge < -0.3 is 10.2 Å². The van der Waals surface area contributed by atoms with E-state index in [9.17, 15) is 9.59 Å². The third kappa shape index (κ3) is 4.66. The van der Waals surface area contributed by atoms with Gasteiger partial charge in [0.05, 0.1) is 5.75 Å². The highest BCUT2D eigenvalue weighted by Crippen LogP contribution is 2.33. The van der Waals surface area contributed by atoms with E-state index in [2.05, 4.69) is 5.32 Å². The third-order valence-corrected chi connectivity index (χ3v) is 5.81. The number of nitrogens with one attached hydrogen (secondary N) is 1. The number of benzene rings is 3. The van der Waals surface area contributed by atoms with Crippen LogP contribution in [0, 0.1) is 0 Å². The van der Waals surface area contributed by atoms with Crippen LogP contribution >= 0.6 is 23.4 Å². The number of carbonyl (C=O) groups excluding carboxylic acids is 2. The maximum atomic E-state index is 12.6. The second kappa shape index (κ2) is 9.13. The summed E-state index contributed by atoms with van der Waals surface area (Å²) >= 11 is 7.85. The molecule has 0 fully saturated rings. The first-order valence-electron chi connectivity index (χ1n) is 8.84. The fourth-order valence-electron chi connectivity index (χ4n) is 2.90. The first kappa shape index (κ1) is 20.2. The molecule has 3 aromatic rings. The van der Waals surface area contributed by atoms with E-state index in [1.807, 2.05) is 48.5 Å². The van der Waals surface area contributed by atoms with Crippen molar-refractivity contribution in [2.45, 2.75) is 11.4 Å². The van der Waals surface area contributed by atoms with Crippen LogP contribution < -0.4 is 5.32 Å². The Morgan fingerprint density at radius 1 is 1.04 bits per heavy atom. The van der Waals surface area contributed by atoms with Gasteiger partial charge in [0, 0.05) is 41.5 Å². The molecule has 0 aliphatic rings. The summed E-state index contributed by atoms with van der Waals surface area (Å²) < 4.78 is 0. The molecule has 4 nitrogen and oxygen atoms in total. The molecular formula is C22H21ClN2O2S. The average Bonchev–Trinajstić information content (AvgIpc) is 2.72. The smallest absolute Gasteiger partial charge is 0.251 e. The number of hydrogen-bond acceptors (Lipinski definition) is 3. The third-order valence-electron chi connectivity index (χ3n) is 4.46. The van der Waals surface area contributed by atoms with Gasteiger partial charge in [0.2, 0.25) is 5.91 Å². The van der Waals surface area contributed by atoms with Gasteiger partial charge in [0.1, 0.15) is 0 Å². The summed E-state index contributed by atoms with van der Waals surface area (Å²) in [6, 6.07) is 19.0. The Morgan fingerprint density at radius 3 is 2.39 bits per heavy atom. The van der Waals surface area contributed by atoms with Crippen molar-refractivity contribution in [2.75, 3.05) is 19.8 Å². The van der Waals surface area contributed by atoms with Crippen molar-refractivity contribution in [1.29, 1.82) is 0 Å². The molecule has 3 aromatic carbocycles. The molecule has 0 unspecified atom stereocenters. The van der Waals surface area contributed by atoms with Gasteiger partial charge in [-0.25, -0.2) is 0 Å². The highest BCUT2D eigenvalue weighted by Gasteiger charge is 2.13. The summed E-state index contributed by atoms with van der Waals surface area (Å²) in [7, 11) is 3.38.